The van der Waals surface area contributed by atoms with Crippen LogP contribution in [0.1, 0.15) is 38.3 Å². The van der Waals surface area contributed by atoms with E-state index in [1.807, 2.05) is 12.1 Å². The highest BCUT2D eigenvalue weighted by Crippen LogP contribution is 2.41. The molecule has 1 aliphatic carbocycles. The third kappa shape index (κ3) is 3.79. The van der Waals surface area contributed by atoms with Crippen molar-refractivity contribution in [1.82, 2.24) is 5.32 Å². The van der Waals surface area contributed by atoms with E-state index in [-0.39, 0.29) is 11.9 Å². The van der Waals surface area contributed by atoms with Crippen LogP contribution in [0.4, 0.5) is 4.39 Å². The van der Waals surface area contributed by atoms with Gasteiger partial charge in [-0.25, -0.2) is 4.39 Å². The van der Waals surface area contributed by atoms with E-state index in [9.17, 15) is 9.50 Å². The van der Waals surface area contributed by atoms with Crippen molar-refractivity contribution in [3.8, 4) is 0 Å². The molecule has 0 heterocycles. The van der Waals surface area contributed by atoms with Crippen LogP contribution in [-0.2, 0) is 0 Å². The Hall–Kier alpha value is -0.930. The zero-order valence-electron chi connectivity index (χ0n) is 10.4. The van der Waals surface area contributed by atoms with E-state index in [0.29, 0.717) is 12.5 Å². The minimum absolute atomic E-state index is 0.203. The first-order valence-electron chi connectivity index (χ1n) is 6.17. The van der Waals surface area contributed by atoms with Crippen LogP contribution >= 0.6 is 0 Å². The Bertz CT molecular complexity index is 365. The fraction of sp³-hybridized carbons (Fsp3) is 0.571. The van der Waals surface area contributed by atoms with Gasteiger partial charge in [-0.1, -0.05) is 12.1 Å². The number of rotatable bonds is 5. The van der Waals surface area contributed by atoms with Crippen LogP contribution in [0.25, 0.3) is 0 Å². The quantitative estimate of drug-likeness (QED) is 0.825. The number of hydrogen-bond donors (Lipinski definition) is 2. The van der Waals surface area contributed by atoms with E-state index in [1.165, 1.54) is 25.0 Å². The lowest BCUT2D eigenvalue weighted by Gasteiger charge is -2.24. The second-order valence-corrected chi connectivity index (χ2v) is 5.56. The van der Waals surface area contributed by atoms with Crippen LogP contribution in [0.2, 0.25) is 0 Å². The lowest BCUT2D eigenvalue weighted by molar-refractivity contribution is 0.0754. The van der Waals surface area contributed by atoms with Crippen LogP contribution in [0.15, 0.2) is 24.3 Å². The normalized spacial score (nSPS) is 18.1. The lowest BCUT2D eigenvalue weighted by Crippen LogP contribution is -2.37. The summed E-state index contributed by atoms with van der Waals surface area (Å²) < 4.78 is 12.9. The van der Waals surface area contributed by atoms with Gasteiger partial charge in [0, 0.05) is 12.6 Å². The van der Waals surface area contributed by atoms with Gasteiger partial charge in [0.15, 0.2) is 0 Å². The van der Waals surface area contributed by atoms with Crippen molar-refractivity contribution < 1.29 is 9.50 Å². The topological polar surface area (TPSA) is 32.3 Å². The fourth-order valence-electron chi connectivity index (χ4n) is 2.02. The molecule has 0 bridgehead atoms. The van der Waals surface area contributed by atoms with Gasteiger partial charge in [0.2, 0.25) is 0 Å². The first kappa shape index (κ1) is 12.5. The molecule has 1 aromatic carbocycles. The van der Waals surface area contributed by atoms with Crippen molar-refractivity contribution in [2.75, 3.05) is 6.54 Å². The summed E-state index contributed by atoms with van der Waals surface area (Å²) in [6.07, 6.45) is 2.42. The zero-order chi connectivity index (χ0) is 12.5. The average molecular weight is 237 g/mol. The number of hydrogen-bond acceptors (Lipinski definition) is 2. The van der Waals surface area contributed by atoms with Gasteiger partial charge in [0.1, 0.15) is 5.82 Å². The maximum atomic E-state index is 12.9. The van der Waals surface area contributed by atoms with Crippen molar-refractivity contribution in [3.63, 3.8) is 0 Å². The Morgan fingerprint density at radius 3 is 2.41 bits per heavy atom. The molecule has 1 aliphatic rings. The summed E-state index contributed by atoms with van der Waals surface area (Å²) in [5.41, 5.74) is 0.394. The van der Waals surface area contributed by atoms with E-state index >= 15 is 0 Å². The number of nitrogens with one attached hydrogen (secondary N) is 1. The molecular formula is C14H20FNO. The molecule has 2 nitrogen and oxygen atoms in total. The Kier molecular flexibility index (Phi) is 3.50. The Balaban J connectivity index is 2.04. The largest absolute Gasteiger partial charge is 0.389 e. The molecular weight excluding hydrogens is 217 g/mol. The van der Waals surface area contributed by atoms with Gasteiger partial charge in [-0.2, -0.15) is 0 Å². The van der Waals surface area contributed by atoms with E-state index < -0.39 is 5.60 Å². The maximum Gasteiger partial charge on any atom is 0.123 e. The molecule has 0 saturated heterocycles. The van der Waals surface area contributed by atoms with Gasteiger partial charge in [-0.05, 0) is 50.3 Å². The third-order valence-corrected chi connectivity index (χ3v) is 3.08. The summed E-state index contributed by atoms with van der Waals surface area (Å²) >= 11 is 0. The van der Waals surface area contributed by atoms with Crippen molar-refractivity contribution in [3.05, 3.63) is 35.6 Å². The van der Waals surface area contributed by atoms with Crippen LogP contribution < -0.4 is 5.32 Å². The van der Waals surface area contributed by atoms with E-state index in [1.54, 1.807) is 13.8 Å². The molecule has 0 amide bonds. The first-order valence-corrected chi connectivity index (χ1v) is 6.17. The molecule has 94 valence electrons. The van der Waals surface area contributed by atoms with Gasteiger partial charge in [0.25, 0.3) is 0 Å². The van der Waals surface area contributed by atoms with Gasteiger partial charge in [0.05, 0.1) is 5.60 Å². The predicted molar refractivity (Wildman–Crippen MR) is 66.2 cm³/mol. The fourth-order valence-corrected chi connectivity index (χ4v) is 2.02. The highest BCUT2D eigenvalue weighted by molar-refractivity contribution is 5.22. The molecule has 1 fully saturated rings. The van der Waals surface area contributed by atoms with E-state index in [2.05, 4.69) is 5.32 Å². The summed E-state index contributed by atoms with van der Waals surface area (Å²) in [5.74, 6) is 0.425. The number of aliphatic hydroxyl groups is 1. The standard InChI is InChI=1S/C14H20FNO/c1-14(2,17)9-16-13(10-3-4-10)11-5-7-12(15)8-6-11/h5-8,10,13,16-17H,3-4,9H2,1-2H3. The number of benzene rings is 1. The summed E-state index contributed by atoms with van der Waals surface area (Å²) in [6.45, 7) is 4.12. The highest BCUT2D eigenvalue weighted by atomic mass is 19.1. The van der Waals surface area contributed by atoms with Crippen molar-refractivity contribution in [2.45, 2.75) is 38.3 Å². The van der Waals surface area contributed by atoms with Crippen LogP contribution in [0.3, 0.4) is 0 Å². The Labute approximate surface area is 102 Å². The summed E-state index contributed by atoms with van der Waals surface area (Å²) in [5, 5.41) is 13.1. The molecule has 1 unspecified atom stereocenters. The maximum absolute atomic E-state index is 12.9. The van der Waals surface area contributed by atoms with Gasteiger partial charge in [-0.3, -0.25) is 0 Å². The lowest BCUT2D eigenvalue weighted by atomic mass is 10.0. The third-order valence-electron chi connectivity index (χ3n) is 3.08. The highest BCUT2D eigenvalue weighted by Gasteiger charge is 2.32. The number of halogens is 1. The molecule has 1 atom stereocenters. The second-order valence-electron chi connectivity index (χ2n) is 5.56. The van der Waals surface area contributed by atoms with Crippen LogP contribution in [-0.4, -0.2) is 17.3 Å². The molecule has 3 heteroatoms. The van der Waals surface area contributed by atoms with Crippen molar-refractivity contribution in [2.24, 2.45) is 5.92 Å². The second kappa shape index (κ2) is 4.75. The predicted octanol–water partition coefficient (Wildman–Crippen LogP) is 2.64. The van der Waals surface area contributed by atoms with Gasteiger partial charge >= 0.3 is 0 Å². The van der Waals surface area contributed by atoms with Crippen molar-refractivity contribution in [1.29, 1.82) is 0 Å². The summed E-state index contributed by atoms with van der Waals surface area (Å²) in [6, 6.07) is 6.89. The van der Waals surface area contributed by atoms with E-state index in [4.69, 9.17) is 0 Å². The molecule has 17 heavy (non-hydrogen) atoms. The smallest absolute Gasteiger partial charge is 0.123 e. The molecule has 2 N–H and O–H groups in total. The molecule has 0 radical (unpaired) electrons. The molecule has 0 spiro atoms. The molecule has 0 aliphatic heterocycles. The minimum atomic E-state index is -0.715. The summed E-state index contributed by atoms with van der Waals surface area (Å²) in [4.78, 5) is 0. The zero-order valence-corrected chi connectivity index (χ0v) is 10.4. The Morgan fingerprint density at radius 1 is 1.35 bits per heavy atom. The van der Waals surface area contributed by atoms with Crippen molar-refractivity contribution >= 4 is 0 Å². The Morgan fingerprint density at radius 2 is 1.94 bits per heavy atom. The minimum Gasteiger partial charge on any atom is -0.389 e. The molecule has 2 rings (SSSR count). The van der Waals surface area contributed by atoms with E-state index in [0.717, 1.165) is 5.56 Å². The molecule has 1 aromatic rings. The average Bonchev–Trinajstić information content (AvgIpc) is 3.03. The van der Waals surface area contributed by atoms with Crippen LogP contribution in [0.5, 0.6) is 0 Å². The summed E-state index contributed by atoms with van der Waals surface area (Å²) in [7, 11) is 0. The van der Waals surface area contributed by atoms with Gasteiger partial charge in [-0.15, -0.1) is 0 Å². The monoisotopic (exact) mass is 237 g/mol. The van der Waals surface area contributed by atoms with Gasteiger partial charge < -0.3 is 10.4 Å². The molecule has 1 saturated carbocycles. The first-order chi connectivity index (χ1) is 7.96. The van der Waals surface area contributed by atoms with Crippen LogP contribution in [0, 0.1) is 11.7 Å². The molecule has 0 aromatic heterocycles. The SMILES string of the molecule is CC(C)(O)CNC(c1ccc(F)cc1)C1CC1.